The van der Waals surface area contributed by atoms with E-state index in [0.717, 1.165) is 10.0 Å². The quantitative estimate of drug-likeness (QED) is 0.859. The summed E-state index contributed by atoms with van der Waals surface area (Å²) in [6.07, 6.45) is 2.03. The maximum atomic E-state index is 11.3. The number of aliphatic hydroxyl groups excluding tert-OH is 1. The topological polar surface area (TPSA) is 59.4 Å². The number of ether oxygens (including phenoxy) is 1. The molecule has 0 bridgehead atoms. The summed E-state index contributed by atoms with van der Waals surface area (Å²) in [5.41, 5.74) is 0.0647. The Morgan fingerprint density at radius 2 is 2.25 bits per heavy atom. The predicted molar refractivity (Wildman–Crippen MR) is 63.0 cm³/mol. The van der Waals surface area contributed by atoms with E-state index in [0.29, 0.717) is 0 Å². The highest BCUT2D eigenvalue weighted by molar-refractivity contribution is 9.10. The SMILES string of the molecule is COC(=O)C(O)C(C)(C)c1ccncc1Br. The van der Waals surface area contributed by atoms with Crippen LogP contribution in [0, 0.1) is 0 Å². The predicted octanol–water partition coefficient (Wildman–Crippen LogP) is 1.66. The van der Waals surface area contributed by atoms with Gasteiger partial charge in [-0.15, -0.1) is 0 Å². The van der Waals surface area contributed by atoms with E-state index in [2.05, 4.69) is 25.7 Å². The first-order valence-corrected chi connectivity index (χ1v) is 5.56. The van der Waals surface area contributed by atoms with Gasteiger partial charge >= 0.3 is 5.97 Å². The van der Waals surface area contributed by atoms with Gasteiger partial charge in [0.15, 0.2) is 6.10 Å². The second-order valence-electron chi connectivity index (χ2n) is 4.00. The Balaban J connectivity index is 3.11. The van der Waals surface area contributed by atoms with Crippen LogP contribution in [0.5, 0.6) is 0 Å². The molecule has 0 aliphatic rings. The van der Waals surface area contributed by atoms with Crippen LogP contribution in [-0.2, 0) is 14.9 Å². The molecule has 0 saturated heterocycles. The highest BCUT2D eigenvalue weighted by Gasteiger charge is 2.37. The third kappa shape index (κ3) is 2.41. The number of aliphatic hydroxyl groups is 1. The van der Waals surface area contributed by atoms with Gasteiger partial charge in [-0.25, -0.2) is 4.79 Å². The van der Waals surface area contributed by atoms with Crippen molar-refractivity contribution >= 4 is 21.9 Å². The number of nitrogens with zero attached hydrogens (tertiary/aromatic N) is 1. The van der Waals surface area contributed by atoms with E-state index in [-0.39, 0.29) is 0 Å². The van der Waals surface area contributed by atoms with Crippen LogP contribution in [0.4, 0.5) is 0 Å². The zero-order valence-corrected chi connectivity index (χ0v) is 11.0. The van der Waals surface area contributed by atoms with Crippen molar-refractivity contribution in [3.63, 3.8) is 0 Å². The summed E-state index contributed by atoms with van der Waals surface area (Å²) in [5, 5.41) is 9.91. The van der Waals surface area contributed by atoms with E-state index >= 15 is 0 Å². The summed E-state index contributed by atoms with van der Waals surface area (Å²) in [5.74, 6) is -0.645. The van der Waals surface area contributed by atoms with Crippen LogP contribution < -0.4 is 0 Å². The van der Waals surface area contributed by atoms with Gasteiger partial charge in [0.05, 0.1) is 7.11 Å². The first kappa shape index (κ1) is 13.1. The molecule has 1 aromatic rings. The van der Waals surface area contributed by atoms with Gasteiger partial charge < -0.3 is 9.84 Å². The number of pyridine rings is 1. The summed E-state index contributed by atoms with van der Waals surface area (Å²) < 4.78 is 5.29. The molecule has 0 amide bonds. The van der Waals surface area contributed by atoms with E-state index in [9.17, 15) is 9.90 Å². The van der Waals surface area contributed by atoms with Gasteiger partial charge in [0, 0.05) is 22.3 Å². The van der Waals surface area contributed by atoms with Gasteiger partial charge in [-0.3, -0.25) is 4.98 Å². The maximum Gasteiger partial charge on any atom is 0.335 e. The second kappa shape index (κ2) is 4.93. The van der Waals surface area contributed by atoms with Gasteiger partial charge in [0.25, 0.3) is 0 Å². The average Bonchev–Trinajstić information content (AvgIpc) is 2.27. The number of carbonyl (C=O) groups excluding carboxylic acids is 1. The third-order valence-electron chi connectivity index (χ3n) is 2.57. The van der Waals surface area contributed by atoms with Crippen LogP contribution in [0.3, 0.4) is 0 Å². The fraction of sp³-hybridized carbons (Fsp3) is 0.455. The Bertz CT molecular complexity index is 393. The number of methoxy groups -OCH3 is 1. The molecule has 0 spiro atoms. The first-order chi connectivity index (χ1) is 7.41. The molecule has 1 N–H and O–H groups in total. The summed E-state index contributed by atoms with van der Waals surface area (Å²) >= 11 is 3.35. The fourth-order valence-corrected chi connectivity index (χ4v) is 2.21. The van der Waals surface area contributed by atoms with Gasteiger partial charge in [0.1, 0.15) is 0 Å². The van der Waals surface area contributed by atoms with Crippen molar-refractivity contribution in [2.75, 3.05) is 7.11 Å². The lowest BCUT2D eigenvalue weighted by molar-refractivity contribution is -0.153. The number of hydrogen-bond donors (Lipinski definition) is 1. The Morgan fingerprint density at radius 3 is 2.75 bits per heavy atom. The average molecular weight is 288 g/mol. The number of aromatic nitrogens is 1. The summed E-state index contributed by atoms with van der Waals surface area (Å²) in [7, 11) is 1.25. The van der Waals surface area contributed by atoms with Crippen LogP contribution in [0.15, 0.2) is 22.9 Å². The van der Waals surface area contributed by atoms with E-state index in [4.69, 9.17) is 0 Å². The largest absolute Gasteiger partial charge is 0.467 e. The molecule has 1 aromatic heterocycles. The summed E-state index contributed by atoms with van der Waals surface area (Å²) in [4.78, 5) is 15.3. The Labute approximate surface area is 103 Å². The highest BCUT2D eigenvalue weighted by atomic mass is 79.9. The van der Waals surface area contributed by atoms with Gasteiger partial charge in [-0.2, -0.15) is 0 Å². The number of hydrogen-bond acceptors (Lipinski definition) is 4. The molecule has 0 fully saturated rings. The van der Waals surface area contributed by atoms with E-state index in [1.54, 1.807) is 32.3 Å². The molecule has 0 radical (unpaired) electrons. The van der Waals surface area contributed by atoms with Crippen LogP contribution in [0.1, 0.15) is 19.4 Å². The minimum absolute atomic E-state index is 0.645. The minimum Gasteiger partial charge on any atom is -0.467 e. The molecule has 16 heavy (non-hydrogen) atoms. The van der Waals surface area contributed by atoms with Crippen molar-refractivity contribution in [3.05, 3.63) is 28.5 Å². The molecule has 1 atom stereocenters. The number of carbonyl (C=O) groups is 1. The molecule has 1 unspecified atom stereocenters. The molecule has 1 rings (SSSR count). The van der Waals surface area contributed by atoms with Gasteiger partial charge in [0.2, 0.25) is 0 Å². The minimum atomic E-state index is -1.21. The Morgan fingerprint density at radius 1 is 1.62 bits per heavy atom. The zero-order valence-electron chi connectivity index (χ0n) is 9.40. The fourth-order valence-electron chi connectivity index (χ4n) is 1.45. The lowest BCUT2D eigenvalue weighted by Gasteiger charge is -2.29. The second-order valence-corrected chi connectivity index (χ2v) is 4.86. The van der Waals surface area contributed by atoms with Crippen molar-refractivity contribution in [1.82, 2.24) is 4.98 Å². The molecule has 4 nitrogen and oxygen atoms in total. The molecule has 0 saturated carbocycles. The van der Waals surface area contributed by atoms with Crippen LogP contribution in [0.2, 0.25) is 0 Å². The summed E-state index contributed by atoms with van der Waals surface area (Å²) in [6.45, 7) is 3.54. The Hall–Kier alpha value is -0.940. The van der Waals surface area contributed by atoms with Crippen molar-refractivity contribution in [3.8, 4) is 0 Å². The molecule has 5 heteroatoms. The van der Waals surface area contributed by atoms with Crippen LogP contribution in [-0.4, -0.2) is 29.3 Å². The molecule has 0 aliphatic heterocycles. The van der Waals surface area contributed by atoms with Crippen LogP contribution in [0.25, 0.3) is 0 Å². The van der Waals surface area contributed by atoms with E-state index in [1.165, 1.54) is 7.11 Å². The number of esters is 1. The maximum absolute atomic E-state index is 11.3. The van der Waals surface area contributed by atoms with Crippen molar-refractivity contribution in [2.24, 2.45) is 0 Å². The summed E-state index contributed by atoms with van der Waals surface area (Å²) in [6, 6.07) is 1.76. The highest BCUT2D eigenvalue weighted by Crippen LogP contribution is 2.32. The van der Waals surface area contributed by atoms with Crippen molar-refractivity contribution in [1.29, 1.82) is 0 Å². The number of rotatable bonds is 3. The van der Waals surface area contributed by atoms with Crippen molar-refractivity contribution < 1.29 is 14.6 Å². The number of halogens is 1. The first-order valence-electron chi connectivity index (χ1n) is 4.77. The Kier molecular flexibility index (Phi) is 4.04. The molecule has 88 valence electrons. The zero-order chi connectivity index (χ0) is 12.3. The smallest absolute Gasteiger partial charge is 0.335 e. The molecule has 1 heterocycles. The van der Waals surface area contributed by atoms with E-state index < -0.39 is 17.5 Å². The third-order valence-corrected chi connectivity index (χ3v) is 3.21. The lowest BCUT2D eigenvalue weighted by atomic mass is 9.80. The monoisotopic (exact) mass is 287 g/mol. The molecular weight excluding hydrogens is 274 g/mol. The molecular formula is C11H14BrNO3. The molecule has 0 aliphatic carbocycles. The van der Waals surface area contributed by atoms with Crippen LogP contribution >= 0.6 is 15.9 Å². The van der Waals surface area contributed by atoms with Crippen molar-refractivity contribution in [2.45, 2.75) is 25.4 Å². The van der Waals surface area contributed by atoms with Gasteiger partial charge in [-0.05, 0) is 27.6 Å². The normalized spacial score (nSPS) is 13.3. The van der Waals surface area contributed by atoms with Gasteiger partial charge in [-0.1, -0.05) is 13.8 Å². The lowest BCUT2D eigenvalue weighted by Crippen LogP contribution is -2.40. The van der Waals surface area contributed by atoms with E-state index in [1.807, 2.05) is 0 Å². The molecule has 0 aromatic carbocycles. The standard InChI is InChI=1S/C11H14BrNO3/c1-11(2,9(14)10(15)16-3)7-4-5-13-6-8(7)12/h4-6,9,14H,1-3H3.